The van der Waals surface area contributed by atoms with E-state index in [9.17, 15) is 14.8 Å². The summed E-state index contributed by atoms with van der Waals surface area (Å²) < 4.78 is 1.46. The number of hydrogen-bond donors (Lipinski definition) is 4. The molecule has 2 aromatic heterocycles. The average Bonchev–Trinajstić information content (AvgIpc) is 3.19. The Morgan fingerprint density at radius 2 is 1.94 bits per heavy atom. The van der Waals surface area contributed by atoms with Gasteiger partial charge in [0.15, 0.2) is 0 Å². The summed E-state index contributed by atoms with van der Waals surface area (Å²) in [6.45, 7) is 4.18. The topological polar surface area (TPSA) is 152 Å². The van der Waals surface area contributed by atoms with E-state index in [1.54, 1.807) is 36.4 Å². The number of amides is 1. The van der Waals surface area contributed by atoms with Crippen LogP contribution in [0.25, 0.3) is 17.0 Å². The first-order valence-corrected chi connectivity index (χ1v) is 9.54. The number of carbonyl (C=O) groups is 1. The van der Waals surface area contributed by atoms with E-state index >= 15 is 0 Å². The molecule has 11 heteroatoms. The third-order valence-corrected chi connectivity index (χ3v) is 5.02. The van der Waals surface area contributed by atoms with Crippen LogP contribution in [-0.2, 0) is 6.54 Å². The van der Waals surface area contributed by atoms with Crippen LogP contribution in [0.15, 0.2) is 42.5 Å². The molecule has 2 heterocycles. The highest BCUT2D eigenvalue weighted by atomic mass is 16.4. The number of nitrogens with zero attached hydrogens (tertiary/aromatic N) is 5. The van der Waals surface area contributed by atoms with E-state index in [-0.39, 0.29) is 5.56 Å². The average molecular weight is 417 g/mol. The lowest BCUT2D eigenvalue weighted by molar-refractivity contribution is 0.100. The van der Waals surface area contributed by atoms with E-state index in [1.165, 1.54) is 4.68 Å². The highest BCUT2D eigenvalue weighted by Gasteiger charge is 2.17. The zero-order valence-corrected chi connectivity index (χ0v) is 16.9. The Bertz CT molecular complexity index is 1290. The van der Waals surface area contributed by atoms with Gasteiger partial charge in [-0.25, -0.2) is 4.98 Å². The minimum absolute atomic E-state index is 0.275. The van der Waals surface area contributed by atoms with Gasteiger partial charge in [-0.3, -0.25) is 4.79 Å². The van der Waals surface area contributed by atoms with Crippen LogP contribution in [-0.4, -0.2) is 48.0 Å². The van der Waals surface area contributed by atoms with E-state index in [2.05, 4.69) is 25.6 Å². The van der Waals surface area contributed by atoms with Crippen LogP contribution in [0.2, 0.25) is 0 Å². The van der Waals surface area contributed by atoms with Gasteiger partial charge in [0.2, 0.25) is 0 Å². The molecular formula is C20H20BN7O3. The first-order chi connectivity index (χ1) is 14.8. The Morgan fingerprint density at radius 1 is 1.16 bits per heavy atom. The predicted molar refractivity (Wildman–Crippen MR) is 116 cm³/mol. The lowest BCUT2D eigenvalue weighted by Crippen LogP contribution is -2.30. The standard InChI is InChI=1S/C20H20BN7O3/c1-11-12(2)24-20(28-16-8-4-7-15(18(22)29)17(16)26-27-28)25-19(11)23-10-13-5-3-6-14(9-13)21(30)31/h3-9,30-31H,10H2,1-2H3,(H2,22,29)(H,23,24,25). The van der Waals surface area contributed by atoms with E-state index < -0.39 is 13.0 Å². The molecule has 4 rings (SSSR count). The number of carbonyl (C=O) groups excluding carboxylic acids is 1. The molecule has 5 N–H and O–H groups in total. The smallest absolute Gasteiger partial charge is 0.423 e. The molecule has 0 radical (unpaired) electrons. The van der Waals surface area contributed by atoms with Gasteiger partial charge in [-0.15, -0.1) is 5.10 Å². The van der Waals surface area contributed by atoms with Crippen LogP contribution in [0.5, 0.6) is 0 Å². The Morgan fingerprint density at radius 3 is 2.68 bits per heavy atom. The van der Waals surface area contributed by atoms with Gasteiger partial charge < -0.3 is 21.1 Å². The summed E-state index contributed by atoms with van der Waals surface area (Å²) in [5, 5.41) is 30.2. The number of aromatic nitrogens is 5. The minimum Gasteiger partial charge on any atom is -0.423 e. The van der Waals surface area contributed by atoms with Crippen LogP contribution < -0.4 is 16.5 Å². The molecule has 0 fully saturated rings. The van der Waals surface area contributed by atoms with Crippen molar-refractivity contribution in [2.24, 2.45) is 5.73 Å². The Balaban J connectivity index is 1.69. The largest absolute Gasteiger partial charge is 0.488 e. The summed E-state index contributed by atoms with van der Waals surface area (Å²) in [6.07, 6.45) is 0. The minimum atomic E-state index is -1.53. The molecule has 0 aliphatic heterocycles. The summed E-state index contributed by atoms with van der Waals surface area (Å²) in [6, 6.07) is 12.0. The molecule has 1 amide bonds. The van der Waals surface area contributed by atoms with Gasteiger partial charge in [0.1, 0.15) is 11.3 Å². The molecule has 0 spiro atoms. The van der Waals surface area contributed by atoms with E-state index in [4.69, 9.17) is 5.73 Å². The van der Waals surface area contributed by atoms with Crippen molar-refractivity contribution in [2.45, 2.75) is 20.4 Å². The maximum absolute atomic E-state index is 11.7. The Labute approximate surface area is 177 Å². The predicted octanol–water partition coefficient (Wildman–Crippen LogP) is 0.218. The van der Waals surface area contributed by atoms with Crippen molar-refractivity contribution in [1.82, 2.24) is 25.0 Å². The van der Waals surface area contributed by atoms with Crippen molar-refractivity contribution in [3.8, 4) is 5.95 Å². The third kappa shape index (κ3) is 3.96. The van der Waals surface area contributed by atoms with Crippen LogP contribution >= 0.6 is 0 Å². The molecule has 0 bridgehead atoms. The zero-order valence-electron chi connectivity index (χ0n) is 16.9. The fourth-order valence-electron chi connectivity index (χ4n) is 3.22. The summed E-state index contributed by atoms with van der Waals surface area (Å²) in [5.74, 6) is 0.317. The van der Waals surface area contributed by atoms with Crippen molar-refractivity contribution in [3.05, 3.63) is 64.8 Å². The molecular weight excluding hydrogens is 397 g/mol. The molecule has 0 saturated carbocycles. The summed E-state index contributed by atoms with van der Waals surface area (Å²) in [7, 11) is -1.53. The number of fused-ring (bicyclic) bond motifs is 1. The van der Waals surface area contributed by atoms with E-state index in [1.807, 2.05) is 19.9 Å². The molecule has 0 unspecified atom stereocenters. The Kier molecular flexibility index (Phi) is 5.36. The Hall–Kier alpha value is -3.83. The van der Waals surface area contributed by atoms with Gasteiger partial charge in [-0.05, 0) is 37.0 Å². The zero-order chi connectivity index (χ0) is 22.1. The molecule has 0 aliphatic rings. The van der Waals surface area contributed by atoms with Crippen molar-refractivity contribution in [2.75, 3.05) is 5.32 Å². The molecule has 0 aliphatic carbocycles. The highest BCUT2D eigenvalue weighted by Crippen LogP contribution is 2.21. The van der Waals surface area contributed by atoms with Gasteiger partial charge in [0.05, 0.1) is 11.1 Å². The second-order valence-corrected chi connectivity index (χ2v) is 7.09. The fourth-order valence-corrected chi connectivity index (χ4v) is 3.22. The maximum atomic E-state index is 11.7. The summed E-state index contributed by atoms with van der Waals surface area (Å²) in [5.41, 5.74) is 9.54. The SMILES string of the molecule is Cc1nc(-n2nnc3c(C(N)=O)cccc32)nc(NCc2cccc(B(O)O)c2)c1C. The van der Waals surface area contributed by atoms with Gasteiger partial charge >= 0.3 is 7.12 Å². The van der Waals surface area contributed by atoms with Gasteiger partial charge in [0.25, 0.3) is 11.9 Å². The monoisotopic (exact) mass is 417 g/mol. The van der Waals surface area contributed by atoms with Gasteiger partial charge in [-0.2, -0.15) is 9.67 Å². The number of benzene rings is 2. The van der Waals surface area contributed by atoms with Crippen molar-refractivity contribution >= 4 is 35.3 Å². The number of rotatable bonds is 6. The fraction of sp³-hybridized carbons (Fsp3) is 0.150. The first-order valence-electron chi connectivity index (χ1n) is 9.54. The molecule has 10 nitrogen and oxygen atoms in total. The van der Waals surface area contributed by atoms with E-state index in [0.717, 1.165) is 16.8 Å². The number of nitrogens with two attached hydrogens (primary N) is 1. The lowest BCUT2D eigenvalue weighted by Gasteiger charge is -2.13. The molecule has 156 valence electrons. The lowest BCUT2D eigenvalue weighted by atomic mass is 9.80. The first kappa shape index (κ1) is 20.4. The van der Waals surface area contributed by atoms with Crippen LogP contribution in [0.3, 0.4) is 0 Å². The second kappa shape index (κ2) is 8.13. The van der Waals surface area contributed by atoms with Crippen LogP contribution in [0.1, 0.15) is 27.2 Å². The number of primary amides is 1. The number of aryl methyl sites for hydroxylation is 1. The second-order valence-electron chi connectivity index (χ2n) is 7.09. The number of hydrogen-bond acceptors (Lipinski definition) is 8. The van der Waals surface area contributed by atoms with Crippen LogP contribution in [0.4, 0.5) is 5.82 Å². The maximum Gasteiger partial charge on any atom is 0.488 e. The quantitative estimate of drug-likeness (QED) is 0.325. The molecule has 2 aromatic carbocycles. The van der Waals surface area contributed by atoms with E-state index in [0.29, 0.717) is 34.8 Å². The van der Waals surface area contributed by atoms with Crippen molar-refractivity contribution < 1.29 is 14.8 Å². The van der Waals surface area contributed by atoms with Crippen molar-refractivity contribution in [1.29, 1.82) is 0 Å². The molecule has 0 atom stereocenters. The number of anilines is 1. The summed E-state index contributed by atoms with van der Waals surface area (Å²) >= 11 is 0. The van der Waals surface area contributed by atoms with Gasteiger partial charge in [-0.1, -0.05) is 35.5 Å². The number of nitrogens with one attached hydrogen (secondary N) is 1. The third-order valence-electron chi connectivity index (χ3n) is 5.02. The summed E-state index contributed by atoms with van der Waals surface area (Å²) in [4.78, 5) is 20.8. The normalized spacial score (nSPS) is 11.0. The molecule has 0 saturated heterocycles. The highest BCUT2D eigenvalue weighted by molar-refractivity contribution is 6.58. The molecule has 4 aromatic rings. The van der Waals surface area contributed by atoms with Crippen LogP contribution in [0, 0.1) is 13.8 Å². The molecule has 31 heavy (non-hydrogen) atoms. The van der Waals surface area contributed by atoms with Crippen molar-refractivity contribution in [3.63, 3.8) is 0 Å². The van der Waals surface area contributed by atoms with Gasteiger partial charge in [0, 0.05) is 17.8 Å².